The summed E-state index contributed by atoms with van der Waals surface area (Å²) in [5.74, 6) is 1.26. The van der Waals surface area contributed by atoms with Gasteiger partial charge in [0.25, 0.3) is 0 Å². The number of nitrogens with zero attached hydrogens (tertiary/aromatic N) is 2. The fourth-order valence-corrected chi connectivity index (χ4v) is 3.06. The van der Waals surface area contributed by atoms with Gasteiger partial charge in [-0.1, -0.05) is 20.8 Å². The third-order valence-electron chi connectivity index (χ3n) is 4.15. The third kappa shape index (κ3) is 3.29. The first-order chi connectivity index (χ1) is 8.62. The van der Waals surface area contributed by atoms with E-state index >= 15 is 0 Å². The van der Waals surface area contributed by atoms with Crippen molar-refractivity contribution in [2.75, 3.05) is 13.1 Å². The van der Waals surface area contributed by atoms with Crippen LogP contribution in [0.25, 0.3) is 0 Å². The van der Waals surface area contributed by atoms with E-state index < -0.39 is 0 Å². The molecule has 1 fully saturated rings. The van der Waals surface area contributed by atoms with Crippen LogP contribution in [-0.2, 0) is 0 Å². The molecule has 1 heterocycles. The molecule has 0 spiro atoms. The van der Waals surface area contributed by atoms with Crippen molar-refractivity contribution in [1.29, 1.82) is 0 Å². The Morgan fingerprint density at radius 3 is 2.89 bits per heavy atom. The third-order valence-corrected chi connectivity index (χ3v) is 4.15. The molecule has 0 amide bonds. The van der Waals surface area contributed by atoms with E-state index in [1.54, 1.807) is 6.20 Å². The van der Waals surface area contributed by atoms with Gasteiger partial charge in [-0.3, -0.25) is 9.97 Å². The van der Waals surface area contributed by atoms with E-state index in [1.807, 2.05) is 12.4 Å². The molecule has 1 aromatic heterocycles. The summed E-state index contributed by atoms with van der Waals surface area (Å²) in [6, 6.07) is 0. The van der Waals surface area contributed by atoms with E-state index in [0.29, 0.717) is 17.3 Å². The second-order valence-corrected chi connectivity index (χ2v) is 6.21. The van der Waals surface area contributed by atoms with Crippen molar-refractivity contribution in [3.05, 3.63) is 24.3 Å². The van der Waals surface area contributed by atoms with Crippen molar-refractivity contribution >= 4 is 0 Å². The lowest BCUT2D eigenvalue weighted by Gasteiger charge is -2.40. The van der Waals surface area contributed by atoms with Crippen molar-refractivity contribution in [3.8, 4) is 0 Å². The van der Waals surface area contributed by atoms with Gasteiger partial charge in [-0.05, 0) is 43.7 Å². The van der Waals surface area contributed by atoms with Gasteiger partial charge in [-0.2, -0.15) is 0 Å². The zero-order chi connectivity index (χ0) is 13.0. The minimum Gasteiger partial charge on any atom is -0.317 e. The maximum atomic E-state index is 4.54. The summed E-state index contributed by atoms with van der Waals surface area (Å²) >= 11 is 0. The molecule has 1 N–H and O–H groups in total. The van der Waals surface area contributed by atoms with Crippen LogP contribution in [0.15, 0.2) is 18.6 Å². The largest absolute Gasteiger partial charge is 0.317 e. The van der Waals surface area contributed by atoms with E-state index in [4.69, 9.17) is 0 Å². The molecule has 1 aliphatic carbocycles. The molecule has 0 saturated heterocycles. The molecule has 18 heavy (non-hydrogen) atoms. The van der Waals surface area contributed by atoms with Crippen LogP contribution in [0, 0.1) is 11.3 Å². The first kappa shape index (κ1) is 13.5. The predicted octanol–water partition coefficient (Wildman–Crippen LogP) is 3.00. The van der Waals surface area contributed by atoms with Crippen LogP contribution in [0.1, 0.15) is 51.6 Å². The van der Waals surface area contributed by atoms with Crippen LogP contribution < -0.4 is 5.32 Å². The maximum absolute atomic E-state index is 4.54. The molecule has 1 aliphatic rings. The molecular formula is C15H25N3. The normalized spacial score (nSPS) is 27.1. The summed E-state index contributed by atoms with van der Waals surface area (Å²) in [5.41, 5.74) is 1.61. The van der Waals surface area contributed by atoms with Gasteiger partial charge < -0.3 is 5.32 Å². The van der Waals surface area contributed by atoms with E-state index in [9.17, 15) is 0 Å². The summed E-state index contributed by atoms with van der Waals surface area (Å²) in [4.78, 5) is 8.78. The lowest BCUT2D eigenvalue weighted by molar-refractivity contribution is 0.157. The van der Waals surface area contributed by atoms with Gasteiger partial charge in [0.05, 0.1) is 5.69 Å². The highest BCUT2D eigenvalue weighted by Crippen LogP contribution is 2.45. The Labute approximate surface area is 110 Å². The van der Waals surface area contributed by atoms with Gasteiger partial charge >= 0.3 is 0 Å². The standard InChI is InChI=1S/C15H25N3/c1-4-16-10-12-5-6-15(2,3)9-13(12)14-11-17-7-8-18-14/h7-8,11-13,16H,4-6,9-10H2,1-3H3. The number of hydrogen-bond acceptors (Lipinski definition) is 3. The fourth-order valence-electron chi connectivity index (χ4n) is 3.06. The Hall–Kier alpha value is -0.960. The van der Waals surface area contributed by atoms with Crippen molar-refractivity contribution in [1.82, 2.24) is 15.3 Å². The van der Waals surface area contributed by atoms with E-state index in [1.165, 1.54) is 25.0 Å². The molecular weight excluding hydrogens is 222 g/mol. The van der Waals surface area contributed by atoms with Crippen molar-refractivity contribution < 1.29 is 0 Å². The summed E-state index contributed by atoms with van der Waals surface area (Å²) < 4.78 is 0. The number of rotatable bonds is 4. The SMILES string of the molecule is CCNCC1CCC(C)(C)CC1c1cnccn1. The zero-order valence-corrected chi connectivity index (χ0v) is 11.8. The van der Waals surface area contributed by atoms with Crippen LogP contribution >= 0.6 is 0 Å². The fraction of sp³-hybridized carbons (Fsp3) is 0.733. The van der Waals surface area contributed by atoms with Crippen molar-refractivity contribution in [2.24, 2.45) is 11.3 Å². The highest BCUT2D eigenvalue weighted by atomic mass is 14.9. The Morgan fingerprint density at radius 1 is 1.39 bits per heavy atom. The maximum Gasteiger partial charge on any atom is 0.0620 e. The molecule has 0 bridgehead atoms. The van der Waals surface area contributed by atoms with Crippen LogP contribution in [0.3, 0.4) is 0 Å². The quantitative estimate of drug-likeness (QED) is 0.889. The Balaban J connectivity index is 2.14. The van der Waals surface area contributed by atoms with Crippen molar-refractivity contribution in [2.45, 2.75) is 46.0 Å². The van der Waals surface area contributed by atoms with Gasteiger partial charge in [0.1, 0.15) is 0 Å². The minimum absolute atomic E-state index is 0.435. The molecule has 3 heteroatoms. The molecule has 100 valence electrons. The van der Waals surface area contributed by atoms with Crippen LogP contribution in [0.2, 0.25) is 0 Å². The first-order valence-electron chi connectivity index (χ1n) is 7.09. The number of aromatic nitrogens is 2. The van der Waals surface area contributed by atoms with Crippen molar-refractivity contribution in [3.63, 3.8) is 0 Å². The van der Waals surface area contributed by atoms with E-state index in [0.717, 1.165) is 13.1 Å². The summed E-state index contributed by atoms with van der Waals surface area (Å²) in [5, 5.41) is 3.50. The zero-order valence-electron chi connectivity index (χ0n) is 11.8. The van der Waals surface area contributed by atoms with E-state index in [2.05, 4.69) is 36.1 Å². The van der Waals surface area contributed by atoms with Gasteiger partial charge in [0.15, 0.2) is 0 Å². The highest BCUT2D eigenvalue weighted by Gasteiger charge is 2.36. The molecule has 2 unspecified atom stereocenters. The molecule has 0 radical (unpaired) electrons. The number of hydrogen-bond donors (Lipinski definition) is 1. The predicted molar refractivity (Wildman–Crippen MR) is 74.4 cm³/mol. The summed E-state index contributed by atoms with van der Waals surface area (Å²) in [6.07, 6.45) is 9.37. The summed E-state index contributed by atoms with van der Waals surface area (Å²) in [7, 11) is 0. The second-order valence-electron chi connectivity index (χ2n) is 6.21. The first-order valence-corrected chi connectivity index (χ1v) is 7.09. The lowest BCUT2D eigenvalue weighted by Crippen LogP contribution is -2.35. The Morgan fingerprint density at radius 2 is 2.22 bits per heavy atom. The van der Waals surface area contributed by atoms with Crippen LogP contribution in [-0.4, -0.2) is 23.1 Å². The molecule has 0 aromatic carbocycles. The molecule has 2 rings (SSSR count). The van der Waals surface area contributed by atoms with Gasteiger partial charge in [-0.15, -0.1) is 0 Å². The number of nitrogens with one attached hydrogen (secondary N) is 1. The van der Waals surface area contributed by atoms with Gasteiger partial charge in [-0.25, -0.2) is 0 Å². The Kier molecular flexibility index (Phi) is 4.33. The second kappa shape index (κ2) is 5.79. The van der Waals surface area contributed by atoms with E-state index in [-0.39, 0.29) is 0 Å². The lowest BCUT2D eigenvalue weighted by atomic mass is 9.66. The van der Waals surface area contributed by atoms with Gasteiger partial charge in [0, 0.05) is 24.5 Å². The molecule has 2 atom stereocenters. The topological polar surface area (TPSA) is 37.8 Å². The summed E-state index contributed by atoms with van der Waals surface area (Å²) in [6.45, 7) is 9.07. The Bertz CT molecular complexity index is 361. The average Bonchev–Trinajstić information content (AvgIpc) is 2.38. The van der Waals surface area contributed by atoms with Gasteiger partial charge in [0.2, 0.25) is 0 Å². The van der Waals surface area contributed by atoms with Crippen LogP contribution in [0.4, 0.5) is 0 Å². The molecule has 3 nitrogen and oxygen atoms in total. The molecule has 1 saturated carbocycles. The van der Waals surface area contributed by atoms with Crippen LogP contribution in [0.5, 0.6) is 0 Å². The smallest absolute Gasteiger partial charge is 0.0620 e. The molecule has 1 aromatic rings. The highest BCUT2D eigenvalue weighted by molar-refractivity contribution is 5.09. The molecule has 0 aliphatic heterocycles. The minimum atomic E-state index is 0.435. The monoisotopic (exact) mass is 247 g/mol. The average molecular weight is 247 g/mol.